The molecule has 4 nitrogen and oxygen atoms in total. The lowest BCUT2D eigenvalue weighted by Gasteiger charge is -2.11. The molecule has 95 valence electrons. The number of rotatable bonds is 0. The SMILES string of the molecule is Cn1c(=O)c([O])nc2cc(C(F)(F)F)cc(Br)c21. The molecule has 1 aromatic carbocycles. The number of alkyl halides is 3. The van der Waals surface area contributed by atoms with Crippen LogP contribution in [0.2, 0.25) is 0 Å². The van der Waals surface area contributed by atoms with Gasteiger partial charge in [-0.25, -0.2) is 4.98 Å². The number of aromatic nitrogens is 2. The first-order valence-corrected chi connectivity index (χ1v) is 5.45. The molecule has 0 bridgehead atoms. The molecule has 1 heterocycles. The third kappa shape index (κ3) is 1.96. The minimum absolute atomic E-state index is 0.0550. The van der Waals surface area contributed by atoms with Gasteiger partial charge in [-0.15, -0.1) is 0 Å². The van der Waals surface area contributed by atoms with Gasteiger partial charge >= 0.3 is 17.6 Å². The van der Waals surface area contributed by atoms with Crippen molar-refractivity contribution in [2.24, 2.45) is 7.05 Å². The maximum absolute atomic E-state index is 12.6. The van der Waals surface area contributed by atoms with Crippen LogP contribution in [0.25, 0.3) is 11.0 Å². The van der Waals surface area contributed by atoms with E-state index in [1.54, 1.807) is 0 Å². The summed E-state index contributed by atoms with van der Waals surface area (Å²) in [6.45, 7) is 0. The smallest absolute Gasteiger partial charge is 0.304 e. The third-order valence-corrected chi connectivity index (χ3v) is 3.02. The van der Waals surface area contributed by atoms with Crippen LogP contribution < -0.4 is 5.56 Å². The minimum atomic E-state index is -4.55. The monoisotopic (exact) mass is 321 g/mol. The van der Waals surface area contributed by atoms with Crippen molar-refractivity contribution in [2.75, 3.05) is 0 Å². The second-order valence-corrected chi connectivity index (χ2v) is 4.46. The number of halogens is 4. The number of aryl methyl sites for hydroxylation is 1. The summed E-state index contributed by atoms with van der Waals surface area (Å²) < 4.78 is 38.8. The summed E-state index contributed by atoms with van der Waals surface area (Å²) in [6, 6.07) is 1.58. The summed E-state index contributed by atoms with van der Waals surface area (Å²) >= 11 is 2.95. The van der Waals surface area contributed by atoms with Crippen molar-refractivity contribution in [3.63, 3.8) is 0 Å². The van der Waals surface area contributed by atoms with Crippen molar-refractivity contribution in [3.05, 3.63) is 32.5 Å². The number of hydrogen-bond acceptors (Lipinski definition) is 2. The van der Waals surface area contributed by atoms with Crippen LogP contribution in [-0.4, -0.2) is 9.55 Å². The lowest BCUT2D eigenvalue weighted by Crippen LogP contribution is -2.18. The van der Waals surface area contributed by atoms with Gasteiger partial charge in [-0.1, -0.05) is 0 Å². The first kappa shape index (κ1) is 12.9. The average molecular weight is 322 g/mol. The molecule has 0 atom stereocenters. The molecule has 0 unspecified atom stereocenters. The fourth-order valence-corrected chi connectivity index (χ4v) is 2.28. The van der Waals surface area contributed by atoms with E-state index in [2.05, 4.69) is 20.9 Å². The molecule has 0 amide bonds. The van der Waals surface area contributed by atoms with E-state index in [0.717, 1.165) is 16.7 Å². The van der Waals surface area contributed by atoms with Gasteiger partial charge in [-0.2, -0.15) is 13.2 Å². The van der Waals surface area contributed by atoms with Gasteiger partial charge in [0.15, 0.2) is 0 Å². The molecule has 2 aromatic rings. The molecule has 0 saturated carbocycles. The lowest BCUT2D eigenvalue weighted by atomic mass is 10.2. The molecule has 0 aliphatic heterocycles. The Balaban J connectivity index is 2.92. The van der Waals surface area contributed by atoms with Gasteiger partial charge in [0.2, 0.25) is 0 Å². The van der Waals surface area contributed by atoms with E-state index < -0.39 is 23.2 Å². The largest absolute Gasteiger partial charge is 0.416 e. The van der Waals surface area contributed by atoms with E-state index >= 15 is 0 Å². The van der Waals surface area contributed by atoms with Crippen LogP contribution in [0.15, 0.2) is 21.4 Å². The molecule has 0 aliphatic carbocycles. The second-order valence-electron chi connectivity index (χ2n) is 3.60. The molecular formula is C10H5BrF3N2O2. The van der Waals surface area contributed by atoms with Crippen LogP contribution >= 0.6 is 15.9 Å². The van der Waals surface area contributed by atoms with E-state index in [1.807, 2.05) is 0 Å². The zero-order valence-electron chi connectivity index (χ0n) is 8.88. The van der Waals surface area contributed by atoms with Crippen molar-refractivity contribution < 1.29 is 18.3 Å². The summed E-state index contributed by atoms with van der Waals surface area (Å²) in [5.41, 5.74) is -1.85. The summed E-state index contributed by atoms with van der Waals surface area (Å²) in [4.78, 5) is 14.7. The van der Waals surface area contributed by atoms with E-state index in [9.17, 15) is 23.1 Å². The van der Waals surface area contributed by atoms with Gasteiger partial charge in [-0.05, 0) is 28.1 Å². The van der Waals surface area contributed by atoms with Gasteiger partial charge in [0.1, 0.15) is 0 Å². The molecule has 18 heavy (non-hydrogen) atoms. The highest BCUT2D eigenvalue weighted by Crippen LogP contribution is 2.34. The Hall–Kier alpha value is -1.57. The Kier molecular flexibility index (Phi) is 2.84. The fraction of sp³-hybridized carbons (Fsp3) is 0.200. The summed E-state index contributed by atoms with van der Waals surface area (Å²) in [5.74, 6) is -1.09. The molecule has 1 radical (unpaired) electrons. The molecule has 0 N–H and O–H groups in total. The Morgan fingerprint density at radius 2 is 1.94 bits per heavy atom. The molecule has 0 spiro atoms. The number of benzene rings is 1. The standard InChI is InChI=1S/C10H5BrF3N2O2/c1-16-7-5(11)2-4(10(12,13)14)3-6(7)15-8(17)9(16)18/h2-3H,1H3. The normalized spacial score (nSPS) is 12.1. The van der Waals surface area contributed by atoms with E-state index in [-0.39, 0.29) is 15.5 Å². The number of hydrogen-bond donors (Lipinski definition) is 0. The highest BCUT2D eigenvalue weighted by molar-refractivity contribution is 9.10. The van der Waals surface area contributed by atoms with E-state index in [0.29, 0.717) is 0 Å². The maximum atomic E-state index is 12.6. The third-order valence-electron chi connectivity index (χ3n) is 2.42. The van der Waals surface area contributed by atoms with Gasteiger partial charge in [0.25, 0.3) is 0 Å². The van der Waals surface area contributed by atoms with Crippen LogP contribution in [0, 0.1) is 0 Å². The Bertz CT molecular complexity index is 694. The Labute approximate surface area is 107 Å². The fourth-order valence-electron chi connectivity index (χ4n) is 1.57. The Morgan fingerprint density at radius 3 is 2.50 bits per heavy atom. The Morgan fingerprint density at radius 1 is 1.33 bits per heavy atom. The highest BCUT2D eigenvalue weighted by atomic mass is 79.9. The predicted molar refractivity (Wildman–Crippen MR) is 59.8 cm³/mol. The number of nitrogens with zero attached hydrogens (tertiary/aromatic N) is 2. The summed E-state index contributed by atoms with van der Waals surface area (Å²) in [6.07, 6.45) is -4.55. The van der Waals surface area contributed by atoms with Crippen LogP contribution in [0.4, 0.5) is 13.2 Å². The first-order chi connectivity index (χ1) is 8.21. The van der Waals surface area contributed by atoms with Gasteiger partial charge in [0.05, 0.1) is 16.6 Å². The minimum Gasteiger partial charge on any atom is -0.304 e. The second kappa shape index (κ2) is 3.98. The molecule has 8 heteroatoms. The maximum Gasteiger partial charge on any atom is 0.416 e. The van der Waals surface area contributed by atoms with Crippen molar-refractivity contribution >= 4 is 27.0 Å². The lowest BCUT2D eigenvalue weighted by molar-refractivity contribution is -0.137. The van der Waals surface area contributed by atoms with Crippen LogP contribution in [0.3, 0.4) is 0 Å². The van der Waals surface area contributed by atoms with Crippen molar-refractivity contribution in [3.8, 4) is 5.88 Å². The molecule has 0 fully saturated rings. The van der Waals surface area contributed by atoms with E-state index in [1.165, 1.54) is 7.05 Å². The molecule has 0 aliphatic rings. The van der Waals surface area contributed by atoms with Crippen LogP contribution in [0.5, 0.6) is 5.88 Å². The quantitative estimate of drug-likeness (QED) is 0.749. The summed E-state index contributed by atoms with van der Waals surface area (Å²) in [7, 11) is 1.30. The first-order valence-electron chi connectivity index (χ1n) is 4.66. The number of fused-ring (bicyclic) bond motifs is 1. The highest BCUT2D eigenvalue weighted by Gasteiger charge is 2.32. The molecule has 1 aromatic heterocycles. The molecule has 0 saturated heterocycles. The molecular weight excluding hydrogens is 317 g/mol. The summed E-state index contributed by atoms with van der Waals surface area (Å²) in [5, 5.41) is 11.2. The van der Waals surface area contributed by atoms with Gasteiger partial charge < -0.3 is 4.57 Å². The van der Waals surface area contributed by atoms with Crippen molar-refractivity contribution in [1.82, 2.24) is 9.55 Å². The van der Waals surface area contributed by atoms with Crippen molar-refractivity contribution in [1.29, 1.82) is 0 Å². The molecule has 2 rings (SSSR count). The van der Waals surface area contributed by atoms with Crippen LogP contribution in [-0.2, 0) is 18.3 Å². The zero-order chi connectivity index (χ0) is 13.7. The predicted octanol–water partition coefficient (Wildman–Crippen LogP) is 2.86. The average Bonchev–Trinajstić information content (AvgIpc) is 2.23. The van der Waals surface area contributed by atoms with Crippen molar-refractivity contribution in [2.45, 2.75) is 6.18 Å². The van der Waals surface area contributed by atoms with E-state index in [4.69, 9.17) is 0 Å². The van der Waals surface area contributed by atoms with Gasteiger partial charge in [-0.3, -0.25) is 9.90 Å². The van der Waals surface area contributed by atoms with Gasteiger partial charge in [0, 0.05) is 11.5 Å². The zero-order valence-corrected chi connectivity index (χ0v) is 10.5. The topological polar surface area (TPSA) is 54.8 Å². The van der Waals surface area contributed by atoms with Crippen LogP contribution in [0.1, 0.15) is 5.56 Å².